The van der Waals surface area contributed by atoms with Crippen molar-refractivity contribution in [3.05, 3.63) is 71.8 Å². The first-order valence-corrected chi connectivity index (χ1v) is 7.49. The number of hydrogen-bond acceptors (Lipinski definition) is 3. The lowest BCUT2D eigenvalue weighted by molar-refractivity contribution is -0.155. The minimum absolute atomic E-state index is 0.275. The van der Waals surface area contributed by atoms with Crippen molar-refractivity contribution in [2.45, 2.75) is 31.5 Å². The van der Waals surface area contributed by atoms with Gasteiger partial charge in [0, 0.05) is 13.3 Å². The topological polar surface area (TPSA) is 35.5 Å². The summed E-state index contributed by atoms with van der Waals surface area (Å²) in [7, 11) is 0. The smallest absolute Gasteiger partial charge is 0.303 e. The molecule has 3 heteroatoms. The van der Waals surface area contributed by atoms with E-state index in [9.17, 15) is 4.79 Å². The van der Waals surface area contributed by atoms with E-state index >= 15 is 0 Å². The highest BCUT2D eigenvalue weighted by Gasteiger charge is 2.51. The Labute approximate surface area is 130 Å². The first-order chi connectivity index (χ1) is 10.5. The molecule has 0 N–H and O–H groups in total. The maximum Gasteiger partial charge on any atom is 0.303 e. The van der Waals surface area contributed by atoms with Crippen LogP contribution in [0.2, 0.25) is 0 Å². The van der Waals surface area contributed by atoms with Crippen LogP contribution in [-0.4, -0.2) is 18.2 Å². The van der Waals surface area contributed by atoms with Gasteiger partial charge in [-0.2, -0.15) is 0 Å². The molecule has 1 aliphatic heterocycles. The Morgan fingerprint density at radius 2 is 1.50 bits per heavy atom. The molecule has 2 aromatic rings. The first-order valence-electron chi connectivity index (χ1n) is 7.49. The van der Waals surface area contributed by atoms with Gasteiger partial charge in [0.2, 0.25) is 0 Å². The van der Waals surface area contributed by atoms with Crippen molar-refractivity contribution in [2.24, 2.45) is 0 Å². The molecule has 22 heavy (non-hydrogen) atoms. The number of carbonyl (C=O) groups excluding carboxylic acids is 1. The minimum atomic E-state index is -0.614. The third-order valence-electron chi connectivity index (χ3n) is 4.12. The fourth-order valence-corrected chi connectivity index (χ4v) is 3.27. The maximum atomic E-state index is 11.4. The van der Waals surface area contributed by atoms with Gasteiger partial charge in [-0.15, -0.1) is 0 Å². The van der Waals surface area contributed by atoms with Crippen LogP contribution in [0.1, 0.15) is 31.4 Å². The largest absolute Gasteiger partial charge is 0.457 e. The highest BCUT2D eigenvalue weighted by molar-refractivity contribution is 5.66. The molecule has 0 aliphatic carbocycles. The van der Waals surface area contributed by atoms with E-state index in [0.717, 1.165) is 11.1 Å². The third-order valence-corrected chi connectivity index (χ3v) is 4.12. The van der Waals surface area contributed by atoms with Gasteiger partial charge in [0.05, 0.1) is 6.61 Å². The average molecular weight is 296 g/mol. The van der Waals surface area contributed by atoms with Gasteiger partial charge in [-0.3, -0.25) is 4.79 Å². The SMILES string of the molecule is CC(=O)OC1(C)COC(c2ccccc2)(c2ccccc2)C1. The summed E-state index contributed by atoms with van der Waals surface area (Å²) in [6.07, 6.45) is 0.605. The first kappa shape index (κ1) is 14.8. The number of hydrogen-bond donors (Lipinski definition) is 0. The molecule has 1 saturated heterocycles. The van der Waals surface area contributed by atoms with E-state index in [-0.39, 0.29) is 5.97 Å². The van der Waals surface area contributed by atoms with Crippen molar-refractivity contribution in [1.29, 1.82) is 0 Å². The van der Waals surface area contributed by atoms with E-state index in [1.54, 1.807) is 0 Å². The molecule has 3 rings (SSSR count). The predicted octanol–water partition coefficient (Wildman–Crippen LogP) is 3.67. The Balaban J connectivity index is 2.05. The Bertz CT molecular complexity index is 611. The summed E-state index contributed by atoms with van der Waals surface area (Å²) in [5, 5.41) is 0. The summed E-state index contributed by atoms with van der Waals surface area (Å²) in [4.78, 5) is 11.4. The van der Waals surface area contributed by atoms with E-state index in [1.165, 1.54) is 6.92 Å². The van der Waals surface area contributed by atoms with Crippen molar-refractivity contribution in [3.63, 3.8) is 0 Å². The van der Waals surface area contributed by atoms with Gasteiger partial charge in [-0.05, 0) is 18.1 Å². The Morgan fingerprint density at radius 3 is 1.95 bits per heavy atom. The molecule has 1 atom stereocenters. The summed E-state index contributed by atoms with van der Waals surface area (Å²) in [6.45, 7) is 3.76. The second-order valence-electron chi connectivity index (χ2n) is 6.07. The van der Waals surface area contributed by atoms with Gasteiger partial charge in [0.15, 0.2) is 0 Å². The van der Waals surface area contributed by atoms with Crippen molar-refractivity contribution >= 4 is 5.97 Å². The normalized spacial score (nSPS) is 23.2. The second kappa shape index (κ2) is 5.58. The summed E-state index contributed by atoms with van der Waals surface area (Å²) >= 11 is 0. The van der Waals surface area contributed by atoms with Crippen molar-refractivity contribution in [2.75, 3.05) is 6.61 Å². The molecule has 1 unspecified atom stereocenters. The molecule has 1 heterocycles. The number of carbonyl (C=O) groups is 1. The van der Waals surface area contributed by atoms with Gasteiger partial charge in [-0.25, -0.2) is 0 Å². The Morgan fingerprint density at radius 1 is 1.00 bits per heavy atom. The summed E-state index contributed by atoms with van der Waals surface area (Å²) < 4.78 is 11.8. The predicted molar refractivity (Wildman–Crippen MR) is 84.4 cm³/mol. The molecule has 0 saturated carbocycles. The number of rotatable bonds is 3. The molecule has 1 aliphatic rings. The van der Waals surface area contributed by atoms with Crippen molar-refractivity contribution < 1.29 is 14.3 Å². The van der Waals surface area contributed by atoms with Crippen LogP contribution in [0, 0.1) is 0 Å². The third kappa shape index (κ3) is 2.64. The maximum absolute atomic E-state index is 11.4. The lowest BCUT2D eigenvalue weighted by Crippen LogP contribution is -2.34. The quantitative estimate of drug-likeness (QED) is 0.811. The number of benzene rings is 2. The molecular weight excluding hydrogens is 276 g/mol. The van der Waals surface area contributed by atoms with E-state index < -0.39 is 11.2 Å². The van der Waals surface area contributed by atoms with Crippen LogP contribution >= 0.6 is 0 Å². The zero-order chi connectivity index (χ0) is 15.6. The van der Waals surface area contributed by atoms with Gasteiger partial charge < -0.3 is 9.47 Å². The average Bonchev–Trinajstić information content (AvgIpc) is 2.87. The molecule has 0 spiro atoms. The summed E-state index contributed by atoms with van der Waals surface area (Å²) in [5.74, 6) is -0.275. The zero-order valence-electron chi connectivity index (χ0n) is 12.9. The van der Waals surface area contributed by atoms with E-state index in [2.05, 4.69) is 24.3 Å². The van der Waals surface area contributed by atoms with Crippen LogP contribution in [0.4, 0.5) is 0 Å². The van der Waals surface area contributed by atoms with Crippen molar-refractivity contribution in [3.8, 4) is 0 Å². The van der Waals surface area contributed by atoms with E-state index in [4.69, 9.17) is 9.47 Å². The van der Waals surface area contributed by atoms with Crippen LogP contribution in [0.15, 0.2) is 60.7 Å². The number of ether oxygens (including phenoxy) is 2. The van der Waals surface area contributed by atoms with Gasteiger partial charge in [0.1, 0.15) is 11.2 Å². The summed E-state index contributed by atoms with van der Waals surface area (Å²) in [6, 6.07) is 20.2. The second-order valence-corrected chi connectivity index (χ2v) is 6.07. The molecule has 2 aromatic carbocycles. The lowest BCUT2D eigenvalue weighted by atomic mass is 9.80. The lowest BCUT2D eigenvalue weighted by Gasteiger charge is -2.31. The van der Waals surface area contributed by atoms with Gasteiger partial charge >= 0.3 is 5.97 Å². The Hall–Kier alpha value is -2.13. The molecule has 1 fully saturated rings. The van der Waals surface area contributed by atoms with Crippen LogP contribution in [-0.2, 0) is 19.9 Å². The molecule has 0 radical (unpaired) electrons. The minimum Gasteiger partial charge on any atom is -0.457 e. The van der Waals surface area contributed by atoms with Crippen LogP contribution in [0.3, 0.4) is 0 Å². The van der Waals surface area contributed by atoms with Gasteiger partial charge in [-0.1, -0.05) is 60.7 Å². The highest BCUT2D eigenvalue weighted by atomic mass is 16.6. The number of esters is 1. The zero-order valence-corrected chi connectivity index (χ0v) is 12.9. The standard InChI is InChI=1S/C19H20O3/c1-15(20)22-18(2)13-19(21-14-18,16-9-5-3-6-10-16)17-11-7-4-8-12-17/h3-12H,13-14H2,1-2H3. The molecule has 0 amide bonds. The molecular formula is C19H20O3. The highest BCUT2D eigenvalue weighted by Crippen LogP contribution is 2.47. The van der Waals surface area contributed by atoms with E-state index in [0.29, 0.717) is 13.0 Å². The monoisotopic (exact) mass is 296 g/mol. The Kier molecular flexibility index (Phi) is 3.75. The molecule has 3 nitrogen and oxygen atoms in total. The van der Waals surface area contributed by atoms with Crippen molar-refractivity contribution in [1.82, 2.24) is 0 Å². The van der Waals surface area contributed by atoms with Gasteiger partial charge in [0.25, 0.3) is 0 Å². The molecule has 0 aromatic heterocycles. The van der Waals surface area contributed by atoms with Crippen LogP contribution in [0.5, 0.6) is 0 Å². The molecule has 0 bridgehead atoms. The van der Waals surface area contributed by atoms with E-state index in [1.807, 2.05) is 43.3 Å². The summed E-state index contributed by atoms with van der Waals surface area (Å²) in [5.41, 5.74) is 0.971. The fourth-order valence-electron chi connectivity index (χ4n) is 3.27. The van der Waals surface area contributed by atoms with Crippen LogP contribution in [0.25, 0.3) is 0 Å². The fraction of sp³-hybridized carbons (Fsp3) is 0.316. The van der Waals surface area contributed by atoms with Crippen LogP contribution < -0.4 is 0 Å². The molecule has 114 valence electrons.